The maximum atomic E-state index is 13.9. The van der Waals surface area contributed by atoms with E-state index in [-0.39, 0.29) is 22.8 Å². The topological polar surface area (TPSA) is 81.8 Å². The first kappa shape index (κ1) is 12.9. The highest BCUT2D eigenvalue weighted by Crippen LogP contribution is 2.39. The molecule has 1 aromatic carbocycles. The number of benzene rings is 1. The van der Waals surface area contributed by atoms with Gasteiger partial charge in [-0.3, -0.25) is 0 Å². The van der Waals surface area contributed by atoms with Crippen molar-refractivity contribution in [1.82, 2.24) is 5.16 Å². The van der Waals surface area contributed by atoms with E-state index in [1.807, 2.05) is 0 Å². The molecular formula is C12H10FNO5. The molecule has 0 bridgehead atoms. The van der Waals surface area contributed by atoms with Crippen LogP contribution in [-0.2, 0) is 0 Å². The molecule has 0 aliphatic rings. The van der Waals surface area contributed by atoms with Crippen LogP contribution in [0.3, 0.4) is 0 Å². The predicted octanol–water partition coefficient (Wildman–Crippen LogP) is 2.20. The van der Waals surface area contributed by atoms with Crippen LogP contribution in [0.4, 0.5) is 4.39 Å². The van der Waals surface area contributed by atoms with Crippen molar-refractivity contribution in [2.75, 3.05) is 14.2 Å². The highest BCUT2D eigenvalue weighted by atomic mass is 19.1. The van der Waals surface area contributed by atoms with Crippen molar-refractivity contribution in [2.24, 2.45) is 0 Å². The minimum absolute atomic E-state index is 0.0156. The molecule has 0 saturated heterocycles. The third-order valence-electron chi connectivity index (χ3n) is 2.47. The summed E-state index contributed by atoms with van der Waals surface area (Å²) in [4.78, 5) is 10.7. The molecule has 0 fully saturated rings. The van der Waals surface area contributed by atoms with E-state index in [0.717, 1.165) is 6.07 Å². The number of hydrogen-bond donors (Lipinski definition) is 1. The Morgan fingerprint density at radius 1 is 1.37 bits per heavy atom. The molecule has 2 rings (SSSR count). The molecule has 2 aromatic rings. The van der Waals surface area contributed by atoms with E-state index < -0.39 is 11.8 Å². The summed E-state index contributed by atoms with van der Waals surface area (Å²) in [6.45, 7) is 0. The third kappa shape index (κ3) is 2.22. The van der Waals surface area contributed by atoms with Crippen LogP contribution >= 0.6 is 0 Å². The van der Waals surface area contributed by atoms with Crippen LogP contribution in [0.1, 0.15) is 10.6 Å². The smallest absolute Gasteiger partial charge is 0.374 e. The number of carboxylic acids is 1. The van der Waals surface area contributed by atoms with Gasteiger partial charge in [0.25, 0.3) is 0 Å². The number of carbonyl (C=O) groups is 1. The Labute approximate surface area is 107 Å². The SMILES string of the molecule is COc1ccc(F)c(-c2cc(C(=O)O)on2)c1OC. The van der Waals surface area contributed by atoms with Crippen LogP contribution in [-0.4, -0.2) is 30.5 Å². The van der Waals surface area contributed by atoms with Gasteiger partial charge in [0.1, 0.15) is 11.5 Å². The highest BCUT2D eigenvalue weighted by Gasteiger charge is 2.21. The number of aromatic nitrogens is 1. The molecule has 0 aliphatic carbocycles. The first-order chi connectivity index (χ1) is 9.08. The van der Waals surface area contributed by atoms with Gasteiger partial charge in [0.15, 0.2) is 11.5 Å². The summed E-state index contributed by atoms with van der Waals surface area (Å²) in [6, 6.07) is 3.68. The van der Waals surface area contributed by atoms with E-state index in [0.29, 0.717) is 5.75 Å². The normalized spacial score (nSPS) is 10.3. The molecule has 7 heteroatoms. The monoisotopic (exact) mass is 267 g/mol. The Kier molecular flexibility index (Phi) is 3.37. The minimum Gasteiger partial charge on any atom is -0.493 e. The van der Waals surface area contributed by atoms with E-state index in [9.17, 15) is 9.18 Å². The Morgan fingerprint density at radius 3 is 2.63 bits per heavy atom. The molecule has 6 nitrogen and oxygen atoms in total. The van der Waals surface area contributed by atoms with Gasteiger partial charge in [-0.1, -0.05) is 5.16 Å². The third-order valence-corrected chi connectivity index (χ3v) is 2.47. The summed E-state index contributed by atoms with van der Waals surface area (Å²) in [7, 11) is 2.75. The summed E-state index contributed by atoms with van der Waals surface area (Å²) < 4.78 is 28.6. The standard InChI is InChI=1S/C12H10FNO5/c1-17-8-4-3-6(13)10(11(8)18-2)7-5-9(12(15)16)19-14-7/h3-5H,1-2H3,(H,15,16). The fourth-order valence-electron chi connectivity index (χ4n) is 1.64. The lowest BCUT2D eigenvalue weighted by atomic mass is 10.1. The van der Waals surface area contributed by atoms with Crippen LogP contribution < -0.4 is 9.47 Å². The Hall–Kier alpha value is -2.57. The second-order valence-electron chi connectivity index (χ2n) is 3.54. The highest BCUT2D eigenvalue weighted by molar-refractivity contribution is 5.86. The zero-order valence-electron chi connectivity index (χ0n) is 10.1. The van der Waals surface area contributed by atoms with E-state index in [2.05, 4.69) is 9.68 Å². The largest absolute Gasteiger partial charge is 0.493 e. The van der Waals surface area contributed by atoms with Gasteiger partial charge in [-0.25, -0.2) is 9.18 Å². The summed E-state index contributed by atoms with van der Waals surface area (Å²) in [6.07, 6.45) is 0. The molecule has 0 saturated carbocycles. The molecule has 0 amide bonds. The number of hydrogen-bond acceptors (Lipinski definition) is 5. The average Bonchev–Trinajstić information content (AvgIpc) is 2.87. The minimum atomic E-state index is -1.29. The molecule has 0 spiro atoms. The van der Waals surface area contributed by atoms with Gasteiger partial charge in [0, 0.05) is 6.07 Å². The summed E-state index contributed by atoms with van der Waals surface area (Å²) in [5.41, 5.74) is 0.00347. The van der Waals surface area contributed by atoms with E-state index in [1.165, 1.54) is 26.4 Å². The van der Waals surface area contributed by atoms with Crippen molar-refractivity contribution in [3.05, 3.63) is 29.8 Å². The Balaban J connectivity index is 2.62. The van der Waals surface area contributed by atoms with Crippen LogP contribution in [0.15, 0.2) is 22.7 Å². The lowest BCUT2D eigenvalue weighted by molar-refractivity contribution is 0.0652. The summed E-state index contributed by atoms with van der Waals surface area (Å²) in [5, 5.41) is 12.3. The zero-order valence-corrected chi connectivity index (χ0v) is 10.1. The van der Waals surface area contributed by atoms with Crippen LogP contribution in [0, 0.1) is 5.82 Å². The van der Waals surface area contributed by atoms with Crippen molar-refractivity contribution >= 4 is 5.97 Å². The van der Waals surface area contributed by atoms with E-state index in [4.69, 9.17) is 14.6 Å². The lowest BCUT2D eigenvalue weighted by Gasteiger charge is -2.11. The fourth-order valence-corrected chi connectivity index (χ4v) is 1.64. The van der Waals surface area contributed by atoms with Crippen molar-refractivity contribution in [1.29, 1.82) is 0 Å². The molecule has 0 atom stereocenters. The zero-order chi connectivity index (χ0) is 14.0. The average molecular weight is 267 g/mol. The number of ether oxygens (including phenoxy) is 2. The summed E-state index contributed by atoms with van der Waals surface area (Å²) in [5.74, 6) is -1.88. The van der Waals surface area contributed by atoms with Crippen molar-refractivity contribution < 1.29 is 28.3 Å². The Bertz CT molecular complexity index is 623. The first-order valence-corrected chi connectivity index (χ1v) is 5.19. The maximum Gasteiger partial charge on any atom is 0.374 e. The molecule has 1 N–H and O–H groups in total. The molecule has 1 aromatic heterocycles. The molecule has 1 heterocycles. The van der Waals surface area contributed by atoms with Crippen LogP contribution in [0.5, 0.6) is 11.5 Å². The summed E-state index contributed by atoms with van der Waals surface area (Å²) >= 11 is 0. The lowest BCUT2D eigenvalue weighted by Crippen LogP contribution is -1.96. The van der Waals surface area contributed by atoms with Crippen molar-refractivity contribution in [3.63, 3.8) is 0 Å². The van der Waals surface area contributed by atoms with Gasteiger partial charge in [-0.15, -0.1) is 0 Å². The number of nitrogens with zero attached hydrogens (tertiary/aromatic N) is 1. The second kappa shape index (κ2) is 4.97. The fraction of sp³-hybridized carbons (Fsp3) is 0.167. The van der Waals surface area contributed by atoms with Gasteiger partial charge in [-0.05, 0) is 12.1 Å². The Morgan fingerprint density at radius 2 is 2.11 bits per heavy atom. The number of aromatic carboxylic acids is 1. The van der Waals surface area contributed by atoms with Crippen molar-refractivity contribution in [3.8, 4) is 22.8 Å². The molecule has 0 aliphatic heterocycles. The van der Waals surface area contributed by atoms with Gasteiger partial charge in [-0.2, -0.15) is 0 Å². The van der Waals surface area contributed by atoms with Gasteiger partial charge < -0.3 is 19.1 Å². The molecule has 100 valence electrons. The van der Waals surface area contributed by atoms with Gasteiger partial charge in [0.05, 0.1) is 19.8 Å². The number of halogens is 1. The first-order valence-electron chi connectivity index (χ1n) is 5.19. The number of carboxylic acid groups (broad SMARTS) is 1. The van der Waals surface area contributed by atoms with Crippen LogP contribution in [0.25, 0.3) is 11.3 Å². The quantitative estimate of drug-likeness (QED) is 0.914. The predicted molar refractivity (Wildman–Crippen MR) is 62.0 cm³/mol. The van der Waals surface area contributed by atoms with Crippen LogP contribution in [0.2, 0.25) is 0 Å². The van der Waals surface area contributed by atoms with E-state index in [1.54, 1.807) is 0 Å². The molecular weight excluding hydrogens is 257 g/mol. The van der Waals surface area contributed by atoms with Gasteiger partial charge >= 0.3 is 5.97 Å². The molecule has 0 radical (unpaired) electrons. The number of methoxy groups -OCH3 is 2. The maximum absolute atomic E-state index is 13.9. The van der Waals surface area contributed by atoms with Gasteiger partial charge in [0.2, 0.25) is 5.76 Å². The van der Waals surface area contributed by atoms with E-state index >= 15 is 0 Å². The molecule has 0 unspecified atom stereocenters. The second-order valence-corrected chi connectivity index (χ2v) is 3.54. The van der Waals surface area contributed by atoms with Crippen molar-refractivity contribution in [2.45, 2.75) is 0 Å². The number of rotatable bonds is 4. The molecule has 19 heavy (non-hydrogen) atoms.